The van der Waals surface area contributed by atoms with E-state index in [0.717, 1.165) is 21.2 Å². The van der Waals surface area contributed by atoms with Gasteiger partial charge in [-0.05, 0) is 23.1 Å². The van der Waals surface area contributed by atoms with Crippen LogP contribution in [0.5, 0.6) is 0 Å². The number of nitrogens with zero attached hydrogens (tertiary/aromatic N) is 1. The van der Waals surface area contributed by atoms with E-state index < -0.39 is 23.6 Å². The highest BCUT2D eigenvalue weighted by molar-refractivity contribution is 7.17. The maximum atomic E-state index is 13.1. The summed E-state index contributed by atoms with van der Waals surface area (Å²) in [7, 11) is 0. The third-order valence-corrected chi connectivity index (χ3v) is 5.72. The summed E-state index contributed by atoms with van der Waals surface area (Å²) < 4.78 is 6.65. The molecule has 4 aromatic rings. The predicted molar refractivity (Wildman–Crippen MR) is 118 cm³/mol. The van der Waals surface area contributed by atoms with Crippen molar-refractivity contribution in [1.82, 2.24) is 10.3 Å². The number of nitrogens with one attached hydrogen (secondary N) is 1. The van der Waals surface area contributed by atoms with Crippen LogP contribution in [-0.4, -0.2) is 28.6 Å². The fourth-order valence-electron chi connectivity index (χ4n) is 3.42. The van der Waals surface area contributed by atoms with Crippen LogP contribution < -0.4 is 11.1 Å². The van der Waals surface area contributed by atoms with Crippen LogP contribution >= 0.6 is 11.3 Å². The number of hydrogen-bond donors (Lipinski definition) is 2. The summed E-state index contributed by atoms with van der Waals surface area (Å²) in [6.45, 7) is 1.64. The monoisotopic (exact) mass is 433 g/mol. The van der Waals surface area contributed by atoms with E-state index in [0.29, 0.717) is 11.6 Å². The molecular formula is C23H19N3O4S. The minimum absolute atomic E-state index is 0.0217. The topological polar surface area (TPSA) is 115 Å². The second kappa shape index (κ2) is 8.53. The van der Waals surface area contributed by atoms with Crippen LogP contribution in [0.15, 0.2) is 64.4 Å². The first-order valence-corrected chi connectivity index (χ1v) is 10.4. The van der Waals surface area contributed by atoms with Gasteiger partial charge in [-0.3, -0.25) is 14.4 Å². The number of nitrogens with two attached hydrogens (primary N) is 1. The Kier molecular flexibility index (Phi) is 5.64. The van der Waals surface area contributed by atoms with Crippen LogP contribution in [0.3, 0.4) is 0 Å². The zero-order chi connectivity index (χ0) is 22.0. The van der Waals surface area contributed by atoms with E-state index in [1.807, 2.05) is 47.8 Å². The number of thiophene rings is 1. The Bertz CT molecular complexity index is 1280. The highest BCUT2D eigenvalue weighted by Gasteiger charge is 2.29. The van der Waals surface area contributed by atoms with Crippen molar-refractivity contribution in [2.75, 3.05) is 0 Å². The zero-order valence-electron chi connectivity index (χ0n) is 16.6. The van der Waals surface area contributed by atoms with Crippen molar-refractivity contribution in [3.63, 3.8) is 0 Å². The third-order valence-electron chi connectivity index (χ3n) is 4.84. The molecule has 2 aromatic heterocycles. The molecule has 4 rings (SSSR count). The molecule has 8 heteroatoms. The average Bonchev–Trinajstić information content (AvgIpc) is 3.39. The number of amides is 2. The summed E-state index contributed by atoms with van der Waals surface area (Å²) in [5.74, 6) is -2.34. The number of benzene rings is 2. The van der Waals surface area contributed by atoms with Crippen LogP contribution in [0, 0.1) is 6.92 Å². The van der Waals surface area contributed by atoms with Crippen LogP contribution in [0.4, 0.5) is 0 Å². The number of carbonyl (C=O) groups excluding carboxylic acids is 3. The molecule has 156 valence electrons. The summed E-state index contributed by atoms with van der Waals surface area (Å²) in [6, 6.07) is 15.6. The maximum Gasteiger partial charge on any atom is 0.290 e. The van der Waals surface area contributed by atoms with E-state index in [1.165, 1.54) is 0 Å². The summed E-state index contributed by atoms with van der Waals surface area (Å²) >= 11 is 1.58. The van der Waals surface area contributed by atoms with Gasteiger partial charge in [0.1, 0.15) is 11.7 Å². The minimum Gasteiger partial charge on any atom is -0.435 e. The van der Waals surface area contributed by atoms with Gasteiger partial charge in [0.05, 0.1) is 0 Å². The Morgan fingerprint density at radius 2 is 1.87 bits per heavy atom. The molecule has 0 aliphatic carbocycles. The van der Waals surface area contributed by atoms with Gasteiger partial charge in [-0.25, -0.2) is 4.98 Å². The van der Waals surface area contributed by atoms with Crippen LogP contribution in [0.1, 0.15) is 22.0 Å². The molecule has 0 bridgehead atoms. The fourth-order valence-corrected chi connectivity index (χ4v) is 4.23. The number of fused-ring (bicyclic) bond motifs is 1. The zero-order valence-corrected chi connectivity index (χ0v) is 17.4. The van der Waals surface area contributed by atoms with Gasteiger partial charge in [-0.2, -0.15) is 0 Å². The number of hydrogen-bond acceptors (Lipinski definition) is 6. The van der Waals surface area contributed by atoms with Crippen molar-refractivity contribution in [3.05, 3.63) is 77.2 Å². The molecule has 3 N–H and O–H groups in total. The van der Waals surface area contributed by atoms with Crippen molar-refractivity contribution in [2.45, 2.75) is 19.4 Å². The lowest BCUT2D eigenvalue weighted by molar-refractivity contribution is -0.137. The first-order valence-electron chi connectivity index (χ1n) is 9.56. The quantitative estimate of drug-likeness (QED) is 0.434. The number of ketones is 1. The average molecular weight is 433 g/mol. The van der Waals surface area contributed by atoms with E-state index in [-0.39, 0.29) is 12.2 Å². The molecular weight excluding hydrogens is 414 g/mol. The van der Waals surface area contributed by atoms with Crippen molar-refractivity contribution < 1.29 is 18.8 Å². The van der Waals surface area contributed by atoms with Crippen LogP contribution in [0.25, 0.3) is 21.3 Å². The summed E-state index contributed by atoms with van der Waals surface area (Å²) in [6.07, 6.45) is 0.122. The van der Waals surface area contributed by atoms with Gasteiger partial charge < -0.3 is 15.5 Å². The van der Waals surface area contributed by atoms with Gasteiger partial charge in [-0.15, -0.1) is 11.3 Å². The fraction of sp³-hybridized carbons (Fsp3) is 0.130. The Morgan fingerprint density at radius 1 is 1.10 bits per heavy atom. The molecule has 2 aromatic carbocycles. The standard InChI is InChI=1S/C23H19N3O4S/c1-13-25-19(16-8-5-9-18-15(16)10-11-31-18)21(30-13)23(29)26-17(20(27)22(24)28)12-14-6-3-2-4-7-14/h2-11,17H,12H2,1H3,(H2,24,28)(H,26,29). The lowest BCUT2D eigenvalue weighted by Crippen LogP contribution is -2.47. The summed E-state index contributed by atoms with van der Waals surface area (Å²) in [5.41, 5.74) is 7.11. The van der Waals surface area contributed by atoms with Crippen molar-refractivity contribution in [1.29, 1.82) is 0 Å². The predicted octanol–water partition coefficient (Wildman–Crippen LogP) is 3.26. The Hall–Kier alpha value is -3.78. The molecule has 0 fully saturated rings. The highest BCUT2D eigenvalue weighted by Crippen LogP contribution is 2.33. The van der Waals surface area contributed by atoms with Gasteiger partial charge in [0.25, 0.3) is 11.8 Å². The minimum atomic E-state index is -1.12. The molecule has 0 spiro atoms. The molecule has 31 heavy (non-hydrogen) atoms. The van der Waals surface area contributed by atoms with Gasteiger partial charge in [0.15, 0.2) is 5.89 Å². The highest BCUT2D eigenvalue weighted by atomic mass is 32.1. The number of aryl methyl sites for hydroxylation is 1. The number of carbonyl (C=O) groups is 3. The van der Waals surface area contributed by atoms with E-state index in [4.69, 9.17) is 10.2 Å². The molecule has 0 aliphatic rings. The number of rotatable bonds is 7. The molecule has 0 saturated heterocycles. The van der Waals surface area contributed by atoms with Gasteiger partial charge in [-0.1, -0.05) is 42.5 Å². The number of oxazole rings is 1. The second-order valence-electron chi connectivity index (χ2n) is 6.99. The Labute approximate surface area is 181 Å². The lowest BCUT2D eigenvalue weighted by Gasteiger charge is -2.16. The van der Waals surface area contributed by atoms with Gasteiger partial charge in [0, 0.05) is 29.0 Å². The molecule has 1 unspecified atom stereocenters. The third kappa shape index (κ3) is 4.24. The van der Waals surface area contributed by atoms with Crippen molar-refractivity contribution >= 4 is 39.0 Å². The van der Waals surface area contributed by atoms with Gasteiger partial charge in [0.2, 0.25) is 11.5 Å². The molecule has 1 atom stereocenters. The number of primary amides is 1. The molecule has 7 nitrogen and oxygen atoms in total. The summed E-state index contributed by atoms with van der Waals surface area (Å²) in [4.78, 5) is 41.4. The Morgan fingerprint density at radius 3 is 2.61 bits per heavy atom. The van der Waals surface area contributed by atoms with Gasteiger partial charge >= 0.3 is 0 Å². The number of aromatic nitrogens is 1. The number of Topliss-reactive ketones (excluding diaryl/α,β-unsaturated/α-hetero) is 1. The summed E-state index contributed by atoms with van der Waals surface area (Å²) in [5, 5.41) is 5.52. The van der Waals surface area contributed by atoms with E-state index >= 15 is 0 Å². The Balaban J connectivity index is 1.68. The molecule has 2 amide bonds. The van der Waals surface area contributed by atoms with Crippen molar-refractivity contribution in [2.24, 2.45) is 5.73 Å². The molecule has 0 saturated carbocycles. The molecule has 0 radical (unpaired) electrons. The second-order valence-corrected chi connectivity index (χ2v) is 7.94. The van der Waals surface area contributed by atoms with E-state index in [9.17, 15) is 14.4 Å². The first kappa shape index (κ1) is 20.5. The largest absolute Gasteiger partial charge is 0.435 e. The lowest BCUT2D eigenvalue weighted by atomic mass is 10.0. The first-order chi connectivity index (χ1) is 14.9. The molecule has 0 aliphatic heterocycles. The molecule has 2 heterocycles. The van der Waals surface area contributed by atoms with Crippen LogP contribution in [0.2, 0.25) is 0 Å². The smallest absolute Gasteiger partial charge is 0.290 e. The SMILES string of the molecule is Cc1nc(-c2cccc3sccc23)c(C(=O)NC(Cc2ccccc2)C(=O)C(N)=O)o1. The van der Waals surface area contributed by atoms with E-state index in [1.54, 1.807) is 30.4 Å². The van der Waals surface area contributed by atoms with Crippen molar-refractivity contribution in [3.8, 4) is 11.3 Å². The maximum absolute atomic E-state index is 13.1. The van der Waals surface area contributed by atoms with Crippen LogP contribution in [-0.2, 0) is 16.0 Å². The van der Waals surface area contributed by atoms with E-state index in [2.05, 4.69) is 10.3 Å². The normalized spacial score (nSPS) is 11.9.